The van der Waals surface area contributed by atoms with Crippen molar-refractivity contribution in [2.24, 2.45) is 0 Å². The molecule has 1 rings (SSSR count). The third kappa shape index (κ3) is 7.16. The van der Waals surface area contributed by atoms with Crippen LogP contribution in [0.4, 0.5) is 5.95 Å². The van der Waals surface area contributed by atoms with Crippen molar-refractivity contribution in [2.75, 3.05) is 32.4 Å². The largest absolute Gasteiger partial charge is 0.635 e. The molecule has 0 atom stereocenters. The zero-order valence-electron chi connectivity index (χ0n) is 16.3. The summed E-state index contributed by atoms with van der Waals surface area (Å²) < 4.78 is 19.5. The summed E-state index contributed by atoms with van der Waals surface area (Å²) >= 11 is 10.3. The van der Waals surface area contributed by atoms with Gasteiger partial charge < -0.3 is 27.8 Å². The molecule has 0 aliphatic carbocycles. The molecular formula is C16H32N4O3S2Si. The zero-order valence-corrected chi connectivity index (χ0v) is 18.9. The number of nitrogens with zero attached hydrogens (tertiary/aromatic N) is 2. The molecule has 0 saturated carbocycles. The van der Waals surface area contributed by atoms with Crippen molar-refractivity contribution in [1.82, 2.24) is 15.0 Å². The Morgan fingerprint density at radius 1 is 0.885 bits per heavy atom. The molecule has 7 nitrogen and oxygen atoms in total. The lowest BCUT2D eigenvalue weighted by Crippen LogP contribution is -2.60. The number of aromatic amines is 2. The maximum atomic E-state index is 5.64. The molecule has 150 valence electrons. The molecule has 1 aromatic rings. The van der Waals surface area contributed by atoms with Gasteiger partial charge in [0, 0.05) is 27.9 Å². The molecule has 26 heavy (non-hydrogen) atoms. The number of anilines is 1. The fraction of sp³-hybridized carbons (Fsp3) is 0.812. The third-order valence-electron chi connectivity index (χ3n) is 4.25. The SMILES string of the molecule is CCCCCCCCCCN(c1nc(=S)[nH]c(=S)[nH]1)[Si](OC)(OC)OC. The molecule has 10 heteroatoms. The van der Waals surface area contributed by atoms with Crippen LogP contribution in [-0.2, 0) is 13.3 Å². The fourth-order valence-electron chi connectivity index (χ4n) is 2.87. The van der Waals surface area contributed by atoms with E-state index in [0.29, 0.717) is 22.0 Å². The molecule has 0 aliphatic heterocycles. The predicted molar refractivity (Wildman–Crippen MR) is 111 cm³/mol. The summed E-state index contributed by atoms with van der Waals surface area (Å²) in [4.78, 5) is 10.2. The van der Waals surface area contributed by atoms with E-state index in [9.17, 15) is 0 Å². The molecule has 1 aromatic heterocycles. The first-order valence-corrected chi connectivity index (χ1v) is 11.7. The van der Waals surface area contributed by atoms with Gasteiger partial charge in [-0.3, -0.25) is 0 Å². The van der Waals surface area contributed by atoms with Crippen molar-refractivity contribution >= 4 is 39.4 Å². The number of aromatic nitrogens is 3. The van der Waals surface area contributed by atoms with Crippen LogP contribution in [0, 0.1) is 9.54 Å². The smallest absolute Gasteiger partial charge is 0.360 e. The average Bonchev–Trinajstić information content (AvgIpc) is 2.63. The Morgan fingerprint density at radius 2 is 1.42 bits per heavy atom. The van der Waals surface area contributed by atoms with E-state index in [4.69, 9.17) is 37.7 Å². The molecule has 0 aliphatic rings. The second kappa shape index (κ2) is 12.7. The Kier molecular flexibility index (Phi) is 11.4. The van der Waals surface area contributed by atoms with Crippen molar-refractivity contribution in [3.05, 3.63) is 9.54 Å². The molecule has 0 spiro atoms. The lowest BCUT2D eigenvalue weighted by Gasteiger charge is -2.35. The topological polar surface area (TPSA) is 75.4 Å². The first-order chi connectivity index (χ1) is 12.5. The molecule has 0 bridgehead atoms. The van der Waals surface area contributed by atoms with Gasteiger partial charge in [0.15, 0.2) is 4.77 Å². The van der Waals surface area contributed by atoms with Gasteiger partial charge in [0.05, 0.1) is 0 Å². The lowest BCUT2D eigenvalue weighted by molar-refractivity contribution is 0.120. The molecule has 0 aromatic carbocycles. The highest BCUT2D eigenvalue weighted by Crippen LogP contribution is 2.20. The van der Waals surface area contributed by atoms with Crippen LogP contribution in [0.2, 0.25) is 0 Å². The second-order valence-corrected chi connectivity index (χ2v) is 9.69. The summed E-state index contributed by atoms with van der Waals surface area (Å²) in [5, 5.41) is 0. The van der Waals surface area contributed by atoms with Crippen LogP contribution in [0.25, 0.3) is 0 Å². The van der Waals surface area contributed by atoms with Crippen LogP contribution >= 0.6 is 24.4 Å². The van der Waals surface area contributed by atoms with Gasteiger partial charge in [-0.1, -0.05) is 51.9 Å². The van der Waals surface area contributed by atoms with E-state index < -0.39 is 8.97 Å². The number of nitrogens with one attached hydrogen (secondary N) is 2. The summed E-state index contributed by atoms with van der Waals surface area (Å²) in [5.41, 5.74) is 0. The lowest BCUT2D eigenvalue weighted by atomic mass is 10.1. The summed E-state index contributed by atoms with van der Waals surface area (Å²) in [6, 6.07) is 0. The Labute approximate surface area is 167 Å². The highest BCUT2D eigenvalue weighted by molar-refractivity contribution is 7.71. The minimum absolute atomic E-state index is 0.316. The van der Waals surface area contributed by atoms with Crippen LogP contribution in [-0.4, -0.2) is 51.8 Å². The van der Waals surface area contributed by atoms with Crippen molar-refractivity contribution in [2.45, 2.75) is 58.3 Å². The van der Waals surface area contributed by atoms with Gasteiger partial charge in [0.1, 0.15) is 0 Å². The van der Waals surface area contributed by atoms with Gasteiger partial charge in [0.2, 0.25) is 10.7 Å². The van der Waals surface area contributed by atoms with E-state index >= 15 is 0 Å². The standard InChI is InChI=1S/C16H32N4O3S2Si/c1-5-6-7-8-9-10-11-12-13-20(26(21-2,22-3)23-4)14-17-15(24)19-16(25)18-14/h5-13H2,1-4H3,(H2,17,18,19,24,25). The van der Waals surface area contributed by atoms with E-state index in [1.807, 2.05) is 4.57 Å². The minimum atomic E-state index is -3.09. The maximum Gasteiger partial charge on any atom is 0.635 e. The van der Waals surface area contributed by atoms with Crippen molar-refractivity contribution in [1.29, 1.82) is 0 Å². The molecule has 0 unspecified atom stereocenters. The highest BCUT2D eigenvalue weighted by atomic mass is 32.1. The Bertz CT molecular complexity index is 585. The number of hydrogen-bond donors (Lipinski definition) is 2. The van der Waals surface area contributed by atoms with E-state index in [0.717, 1.165) is 12.8 Å². The monoisotopic (exact) mass is 420 g/mol. The van der Waals surface area contributed by atoms with Gasteiger partial charge in [-0.05, 0) is 30.9 Å². The number of H-pyrrole nitrogens is 2. The second-order valence-electron chi connectivity index (χ2n) is 6.08. The van der Waals surface area contributed by atoms with Crippen molar-refractivity contribution in [3.8, 4) is 0 Å². The number of unbranched alkanes of at least 4 members (excludes halogenated alkanes) is 7. The summed E-state index contributed by atoms with van der Waals surface area (Å²) in [7, 11) is 1.66. The average molecular weight is 421 g/mol. The van der Waals surface area contributed by atoms with E-state index in [1.54, 1.807) is 21.3 Å². The first-order valence-electron chi connectivity index (χ1n) is 9.16. The quantitative estimate of drug-likeness (QED) is 0.260. The third-order valence-corrected chi connectivity index (χ3v) is 7.29. The van der Waals surface area contributed by atoms with Gasteiger partial charge in [-0.2, -0.15) is 4.98 Å². The Morgan fingerprint density at radius 3 is 1.92 bits per heavy atom. The fourth-order valence-corrected chi connectivity index (χ4v) is 5.27. The summed E-state index contributed by atoms with van der Waals surface area (Å²) in [6.45, 7) is 2.93. The Hall–Kier alpha value is -0.653. The Balaban J connectivity index is 2.76. The number of rotatable bonds is 14. The van der Waals surface area contributed by atoms with Crippen molar-refractivity contribution in [3.63, 3.8) is 0 Å². The summed E-state index contributed by atoms with van der Waals surface area (Å²) in [6.07, 6.45) is 9.86. The van der Waals surface area contributed by atoms with Gasteiger partial charge in [-0.25, -0.2) is 0 Å². The zero-order chi connectivity index (χ0) is 19.4. The molecule has 0 radical (unpaired) electrons. The molecule has 0 amide bonds. The van der Waals surface area contributed by atoms with Gasteiger partial charge >= 0.3 is 8.97 Å². The van der Waals surface area contributed by atoms with Crippen molar-refractivity contribution < 1.29 is 13.3 Å². The van der Waals surface area contributed by atoms with E-state index in [2.05, 4.69) is 21.9 Å². The molecule has 0 fully saturated rings. The van der Waals surface area contributed by atoms with Crippen LogP contribution in [0.1, 0.15) is 58.3 Å². The van der Waals surface area contributed by atoms with Crippen LogP contribution < -0.4 is 4.57 Å². The highest BCUT2D eigenvalue weighted by Gasteiger charge is 2.48. The normalized spacial score (nSPS) is 11.7. The van der Waals surface area contributed by atoms with Crippen LogP contribution in [0.3, 0.4) is 0 Å². The van der Waals surface area contributed by atoms with E-state index in [1.165, 1.54) is 38.5 Å². The van der Waals surface area contributed by atoms with E-state index in [-0.39, 0.29) is 0 Å². The molecule has 0 saturated heterocycles. The molecule has 1 heterocycles. The summed E-state index contributed by atoms with van der Waals surface area (Å²) in [5.74, 6) is 0.513. The maximum absolute atomic E-state index is 5.64. The van der Waals surface area contributed by atoms with Gasteiger partial charge in [-0.15, -0.1) is 0 Å². The van der Waals surface area contributed by atoms with Gasteiger partial charge in [0.25, 0.3) is 0 Å². The number of hydrogen-bond acceptors (Lipinski definition) is 7. The van der Waals surface area contributed by atoms with Crippen LogP contribution in [0.5, 0.6) is 0 Å². The predicted octanol–water partition coefficient (Wildman–Crippen LogP) is 4.52. The molecule has 2 N–H and O–H groups in total. The first kappa shape index (κ1) is 23.4. The minimum Gasteiger partial charge on any atom is -0.360 e. The van der Waals surface area contributed by atoms with Crippen LogP contribution in [0.15, 0.2) is 0 Å². The molecular weight excluding hydrogens is 388 g/mol.